The first-order valence-electron chi connectivity index (χ1n) is 8.73. The van der Waals surface area contributed by atoms with Crippen LogP contribution < -0.4 is 5.56 Å². The summed E-state index contributed by atoms with van der Waals surface area (Å²) in [4.78, 5) is 24.5. The van der Waals surface area contributed by atoms with Crippen molar-refractivity contribution in [2.45, 2.75) is 58.2 Å². The number of rotatable bonds is 4. The van der Waals surface area contributed by atoms with Gasteiger partial charge in [0, 0.05) is 11.0 Å². The van der Waals surface area contributed by atoms with E-state index in [4.69, 9.17) is 9.47 Å². The Kier molecular flexibility index (Phi) is 4.72. The zero-order valence-corrected chi connectivity index (χ0v) is 15.2. The summed E-state index contributed by atoms with van der Waals surface area (Å²) in [6.45, 7) is 5.67. The first-order valence-corrected chi connectivity index (χ1v) is 8.73. The second-order valence-corrected chi connectivity index (χ2v) is 7.76. The Morgan fingerprint density at radius 2 is 2.00 bits per heavy atom. The molecule has 2 aliphatic rings. The van der Waals surface area contributed by atoms with Crippen LogP contribution in [0, 0.1) is 5.41 Å². The molecule has 1 fully saturated rings. The molecule has 2 aliphatic heterocycles. The van der Waals surface area contributed by atoms with Gasteiger partial charge in [0.1, 0.15) is 6.10 Å². The zero-order valence-electron chi connectivity index (χ0n) is 15.2. The van der Waals surface area contributed by atoms with Crippen molar-refractivity contribution in [3.63, 3.8) is 0 Å². The monoisotopic (exact) mass is 367 g/mol. The van der Waals surface area contributed by atoms with Crippen LogP contribution in [-0.2, 0) is 33.2 Å². The minimum atomic E-state index is -1.49. The molecular weight excluding hydrogens is 342 g/mol. The van der Waals surface area contributed by atoms with Crippen molar-refractivity contribution in [2.75, 3.05) is 13.2 Å². The Labute approximate surface area is 151 Å². The summed E-state index contributed by atoms with van der Waals surface area (Å²) in [5, 5.41) is 29.8. The molecular formula is C18H25NO7. The van der Waals surface area contributed by atoms with Crippen LogP contribution in [0.1, 0.15) is 49.9 Å². The van der Waals surface area contributed by atoms with Crippen molar-refractivity contribution in [1.29, 1.82) is 0 Å². The molecule has 8 heteroatoms. The van der Waals surface area contributed by atoms with E-state index in [1.54, 1.807) is 6.92 Å². The Morgan fingerprint density at radius 1 is 1.38 bits per heavy atom. The number of aliphatic hydroxyl groups excluding tert-OH is 2. The maximum atomic E-state index is 12.8. The highest BCUT2D eigenvalue weighted by Crippen LogP contribution is 2.43. The third-order valence-corrected chi connectivity index (χ3v) is 5.18. The van der Waals surface area contributed by atoms with Crippen LogP contribution in [0.3, 0.4) is 0 Å². The third kappa shape index (κ3) is 2.77. The molecule has 0 aliphatic carbocycles. The maximum absolute atomic E-state index is 12.8. The minimum absolute atomic E-state index is 0.0309. The lowest BCUT2D eigenvalue weighted by atomic mass is 9.90. The molecule has 0 aromatic carbocycles. The molecule has 3 rings (SSSR count). The van der Waals surface area contributed by atoms with Gasteiger partial charge in [-0.05, 0) is 18.1 Å². The maximum Gasteiger partial charge on any atom is 0.310 e. The van der Waals surface area contributed by atoms with E-state index < -0.39 is 35.9 Å². The third-order valence-electron chi connectivity index (χ3n) is 5.18. The minimum Gasteiger partial charge on any atom is -0.481 e. The second-order valence-electron chi connectivity index (χ2n) is 7.76. The number of carboxylic acids is 1. The van der Waals surface area contributed by atoms with Crippen molar-refractivity contribution >= 4 is 5.97 Å². The highest BCUT2D eigenvalue weighted by atomic mass is 16.7. The Morgan fingerprint density at radius 3 is 2.50 bits per heavy atom. The molecule has 2 atom stereocenters. The highest BCUT2D eigenvalue weighted by Gasteiger charge is 2.54. The molecule has 3 heterocycles. The van der Waals surface area contributed by atoms with Gasteiger partial charge in [-0.25, -0.2) is 0 Å². The van der Waals surface area contributed by atoms with Gasteiger partial charge in [-0.2, -0.15) is 0 Å². The number of hydrogen-bond acceptors (Lipinski definition) is 6. The van der Waals surface area contributed by atoms with Crippen LogP contribution in [0.25, 0.3) is 0 Å². The van der Waals surface area contributed by atoms with Crippen molar-refractivity contribution in [3.8, 4) is 0 Å². The molecule has 1 unspecified atom stereocenters. The fourth-order valence-electron chi connectivity index (χ4n) is 3.67. The lowest BCUT2D eigenvalue weighted by molar-refractivity contribution is -0.337. The van der Waals surface area contributed by atoms with Gasteiger partial charge in [-0.3, -0.25) is 9.59 Å². The topological polar surface area (TPSA) is 118 Å². The molecule has 1 spiro atoms. The normalized spacial score (nSPS) is 24.4. The van der Waals surface area contributed by atoms with Gasteiger partial charge in [-0.15, -0.1) is 0 Å². The summed E-state index contributed by atoms with van der Waals surface area (Å²) in [5.41, 5.74) is -0.183. The molecule has 1 aromatic rings. The fourth-order valence-corrected chi connectivity index (χ4v) is 3.67. The highest BCUT2D eigenvalue weighted by molar-refractivity contribution is 5.76. The first kappa shape index (κ1) is 19.0. The number of ether oxygens (including phenoxy) is 2. The van der Waals surface area contributed by atoms with E-state index in [1.165, 1.54) is 10.6 Å². The van der Waals surface area contributed by atoms with E-state index in [1.807, 2.05) is 13.8 Å². The molecule has 0 radical (unpaired) electrons. The Bertz CT molecular complexity index is 772. The fraction of sp³-hybridized carbons (Fsp3) is 0.667. The molecule has 0 amide bonds. The van der Waals surface area contributed by atoms with E-state index in [0.717, 1.165) is 0 Å². The number of aliphatic carboxylic acids is 1. The number of nitrogens with zero attached hydrogens (tertiary/aromatic N) is 1. The number of carbonyl (C=O) groups is 1. The molecule has 3 N–H and O–H groups in total. The number of pyridine rings is 1. The quantitative estimate of drug-likeness (QED) is 0.710. The van der Waals surface area contributed by atoms with Crippen LogP contribution in [-0.4, -0.2) is 45.2 Å². The van der Waals surface area contributed by atoms with Gasteiger partial charge in [0.15, 0.2) is 0 Å². The standard InChI is InChI=1S/C18H25NO7/c1-4-10(16(23)24)11-5-13-18(25-8-17(2,3)9-26-18)14(21)6-19(13)15(22)12(11)7-20/h5,10,14,20-21H,4,6-9H2,1-3H3,(H,23,24)/t10?,14-/m0/s1. The van der Waals surface area contributed by atoms with Crippen molar-refractivity contribution in [1.82, 2.24) is 4.57 Å². The number of aromatic nitrogens is 1. The van der Waals surface area contributed by atoms with Crippen LogP contribution >= 0.6 is 0 Å². The lowest BCUT2D eigenvalue weighted by Crippen LogP contribution is -2.50. The molecule has 0 bridgehead atoms. The smallest absolute Gasteiger partial charge is 0.310 e. The van der Waals surface area contributed by atoms with Gasteiger partial charge in [-0.1, -0.05) is 20.8 Å². The van der Waals surface area contributed by atoms with Crippen LogP contribution in [0.5, 0.6) is 0 Å². The van der Waals surface area contributed by atoms with Gasteiger partial charge in [0.2, 0.25) is 5.79 Å². The summed E-state index contributed by atoms with van der Waals surface area (Å²) in [5.74, 6) is -3.51. The predicted octanol–water partition coefficient (Wildman–Crippen LogP) is 0.519. The van der Waals surface area contributed by atoms with Crippen molar-refractivity contribution in [2.24, 2.45) is 5.41 Å². The van der Waals surface area contributed by atoms with Crippen LogP contribution in [0.15, 0.2) is 10.9 Å². The van der Waals surface area contributed by atoms with E-state index in [9.17, 15) is 24.9 Å². The molecule has 0 saturated carbocycles. The number of hydrogen-bond donors (Lipinski definition) is 3. The van der Waals surface area contributed by atoms with Crippen LogP contribution in [0.4, 0.5) is 0 Å². The largest absolute Gasteiger partial charge is 0.481 e. The summed E-state index contributed by atoms with van der Waals surface area (Å²) < 4.78 is 13.1. The summed E-state index contributed by atoms with van der Waals surface area (Å²) >= 11 is 0. The van der Waals surface area contributed by atoms with Gasteiger partial charge in [0.25, 0.3) is 5.56 Å². The SMILES string of the molecule is CCC(C(=O)O)c1cc2n(c(=O)c1CO)C[C@H](O)C21OCC(C)(C)CO1. The number of aliphatic hydroxyl groups is 2. The summed E-state index contributed by atoms with van der Waals surface area (Å²) in [6.07, 6.45) is -0.840. The molecule has 8 nitrogen and oxygen atoms in total. The number of fused-ring (bicyclic) bond motifs is 2. The van der Waals surface area contributed by atoms with Gasteiger partial charge < -0.3 is 29.4 Å². The van der Waals surface area contributed by atoms with Crippen molar-refractivity contribution in [3.05, 3.63) is 33.2 Å². The Hall–Kier alpha value is -1.74. The Balaban J connectivity index is 2.18. The summed E-state index contributed by atoms with van der Waals surface area (Å²) in [6, 6.07) is 1.53. The number of carboxylic acid groups (broad SMARTS) is 1. The molecule has 144 valence electrons. The predicted molar refractivity (Wildman–Crippen MR) is 90.7 cm³/mol. The zero-order chi connectivity index (χ0) is 19.3. The van der Waals surface area contributed by atoms with Gasteiger partial charge in [0.05, 0.1) is 38.0 Å². The van der Waals surface area contributed by atoms with Crippen molar-refractivity contribution < 1.29 is 29.6 Å². The summed E-state index contributed by atoms with van der Waals surface area (Å²) in [7, 11) is 0. The average molecular weight is 367 g/mol. The molecule has 1 saturated heterocycles. The van der Waals surface area contributed by atoms with E-state index >= 15 is 0 Å². The second kappa shape index (κ2) is 6.45. The van der Waals surface area contributed by atoms with Gasteiger partial charge >= 0.3 is 5.97 Å². The van der Waals surface area contributed by atoms with E-state index in [0.29, 0.717) is 18.9 Å². The van der Waals surface area contributed by atoms with E-state index in [2.05, 4.69) is 0 Å². The average Bonchev–Trinajstić information content (AvgIpc) is 2.84. The molecule has 26 heavy (non-hydrogen) atoms. The lowest BCUT2D eigenvalue weighted by Gasteiger charge is -2.42. The van der Waals surface area contributed by atoms with E-state index in [-0.39, 0.29) is 29.5 Å². The van der Waals surface area contributed by atoms with Crippen LogP contribution in [0.2, 0.25) is 0 Å². The first-order chi connectivity index (χ1) is 12.2. The molecule has 1 aromatic heterocycles.